The number of carbonyl (C=O) groups is 1. The zero-order valence-electron chi connectivity index (χ0n) is 17.7. The minimum Gasteiger partial charge on any atom is -0.351 e. The molecule has 3 heteroatoms. The predicted octanol–water partition coefficient (Wildman–Crippen LogP) is 6.54. The molecule has 1 N–H and O–H groups in total. The number of hydrogen-bond donors (Lipinski definition) is 1. The van der Waals surface area contributed by atoms with Gasteiger partial charge < -0.3 is 5.32 Å². The van der Waals surface area contributed by atoms with Crippen molar-refractivity contribution in [3.8, 4) is 0 Å². The summed E-state index contributed by atoms with van der Waals surface area (Å²) in [7, 11) is 0. The molecule has 0 radical (unpaired) electrons. The molecule has 152 valence electrons. The first-order valence-corrected chi connectivity index (χ1v) is 10.5. The SMILES string of the molecule is Cc1ccc(NC2=C[C@@H](c3cccc4ccccc34)N(c3ccc(C)cc3)C2=O)cc1. The Balaban J connectivity index is 1.61. The van der Waals surface area contributed by atoms with Crippen molar-refractivity contribution < 1.29 is 4.79 Å². The number of hydrogen-bond acceptors (Lipinski definition) is 2. The first kappa shape index (κ1) is 19.1. The van der Waals surface area contributed by atoms with E-state index in [1.807, 2.05) is 71.6 Å². The maximum Gasteiger partial charge on any atom is 0.275 e. The Morgan fingerprint density at radius 1 is 0.742 bits per heavy atom. The second kappa shape index (κ2) is 7.77. The molecular formula is C28H24N2O. The van der Waals surface area contributed by atoms with E-state index in [4.69, 9.17) is 0 Å². The fourth-order valence-electron chi connectivity index (χ4n) is 4.17. The molecule has 4 aromatic rings. The number of nitrogens with one attached hydrogen (secondary N) is 1. The fourth-order valence-corrected chi connectivity index (χ4v) is 4.17. The van der Waals surface area contributed by atoms with E-state index >= 15 is 0 Å². The number of rotatable bonds is 4. The van der Waals surface area contributed by atoms with Crippen LogP contribution in [-0.4, -0.2) is 5.91 Å². The van der Waals surface area contributed by atoms with Gasteiger partial charge in [-0.05, 0) is 60.5 Å². The Morgan fingerprint density at radius 3 is 2.13 bits per heavy atom. The molecule has 0 aliphatic carbocycles. The van der Waals surface area contributed by atoms with Gasteiger partial charge in [0, 0.05) is 11.4 Å². The number of anilines is 2. The van der Waals surface area contributed by atoms with Gasteiger partial charge in [0.25, 0.3) is 5.91 Å². The predicted molar refractivity (Wildman–Crippen MR) is 128 cm³/mol. The molecule has 0 bridgehead atoms. The Hall–Kier alpha value is -3.85. The fraction of sp³-hybridized carbons (Fsp3) is 0.107. The van der Waals surface area contributed by atoms with Crippen LogP contribution in [0.4, 0.5) is 11.4 Å². The average molecular weight is 405 g/mol. The third kappa shape index (κ3) is 3.59. The van der Waals surface area contributed by atoms with Crippen LogP contribution in [0.5, 0.6) is 0 Å². The summed E-state index contributed by atoms with van der Waals surface area (Å²) in [5, 5.41) is 5.68. The number of carbonyl (C=O) groups excluding carboxylic acids is 1. The highest BCUT2D eigenvalue weighted by molar-refractivity contribution is 6.11. The maximum absolute atomic E-state index is 13.6. The molecule has 0 saturated heterocycles. The standard InChI is InChI=1S/C28H24N2O/c1-19-10-14-22(15-11-19)29-26-18-27(25-9-5-7-21-6-3-4-8-24(21)25)30(28(26)31)23-16-12-20(2)13-17-23/h3-18,27,29H,1-2H3/t27-/m0/s1. The third-order valence-electron chi connectivity index (χ3n) is 5.84. The summed E-state index contributed by atoms with van der Waals surface area (Å²) in [4.78, 5) is 15.5. The Bertz CT molecular complexity index is 1280. The van der Waals surface area contributed by atoms with Crippen molar-refractivity contribution in [3.63, 3.8) is 0 Å². The molecule has 1 amide bonds. The largest absolute Gasteiger partial charge is 0.351 e. The topological polar surface area (TPSA) is 32.3 Å². The van der Waals surface area contributed by atoms with Crippen LogP contribution in [0, 0.1) is 13.8 Å². The van der Waals surface area contributed by atoms with E-state index in [-0.39, 0.29) is 11.9 Å². The van der Waals surface area contributed by atoms with Crippen molar-refractivity contribution in [2.45, 2.75) is 19.9 Å². The highest BCUT2D eigenvalue weighted by atomic mass is 16.2. The van der Waals surface area contributed by atoms with Gasteiger partial charge in [0.1, 0.15) is 5.70 Å². The van der Waals surface area contributed by atoms with Crippen molar-refractivity contribution >= 4 is 28.1 Å². The molecule has 1 heterocycles. The minimum atomic E-state index is -0.186. The average Bonchev–Trinajstić information content (AvgIpc) is 3.11. The molecular weight excluding hydrogens is 380 g/mol. The minimum absolute atomic E-state index is 0.0256. The normalized spacial score (nSPS) is 15.9. The summed E-state index contributed by atoms with van der Waals surface area (Å²) in [5.74, 6) is -0.0256. The van der Waals surface area contributed by atoms with Crippen molar-refractivity contribution in [2.24, 2.45) is 0 Å². The monoisotopic (exact) mass is 404 g/mol. The van der Waals surface area contributed by atoms with Crippen LogP contribution in [-0.2, 0) is 4.79 Å². The number of nitrogens with zero attached hydrogens (tertiary/aromatic N) is 1. The summed E-state index contributed by atoms with van der Waals surface area (Å²) in [6.07, 6.45) is 2.05. The van der Waals surface area contributed by atoms with Gasteiger partial charge in [0.15, 0.2) is 0 Å². The number of benzene rings is 4. The second-order valence-electron chi connectivity index (χ2n) is 8.10. The van der Waals surface area contributed by atoms with Crippen LogP contribution >= 0.6 is 0 Å². The van der Waals surface area contributed by atoms with E-state index in [9.17, 15) is 4.79 Å². The molecule has 1 atom stereocenters. The van der Waals surface area contributed by atoms with E-state index in [2.05, 4.69) is 49.5 Å². The zero-order valence-corrected chi connectivity index (χ0v) is 17.7. The van der Waals surface area contributed by atoms with Gasteiger partial charge in [0.05, 0.1) is 6.04 Å². The summed E-state index contributed by atoms with van der Waals surface area (Å²) >= 11 is 0. The van der Waals surface area contributed by atoms with Gasteiger partial charge in [-0.1, -0.05) is 77.9 Å². The van der Waals surface area contributed by atoms with Crippen LogP contribution in [0.3, 0.4) is 0 Å². The van der Waals surface area contributed by atoms with Gasteiger partial charge in [-0.3, -0.25) is 9.69 Å². The van der Waals surface area contributed by atoms with Gasteiger partial charge in [-0.2, -0.15) is 0 Å². The second-order valence-corrected chi connectivity index (χ2v) is 8.10. The van der Waals surface area contributed by atoms with E-state index < -0.39 is 0 Å². The van der Waals surface area contributed by atoms with Crippen LogP contribution in [0.25, 0.3) is 10.8 Å². The van der Waals surface area contributed by atoms with E-state index in [1.54, 1.807) is 0 Å². The Kier molecular flexibility index (Phi) is 4.79. The summed E-state index contributed by atoms with van der Waals surface area (Å²) in [6.45, 7) is 4.11. The van der Waals surface area contributed by atoms with Gasteiger partial charge in [-0.25, -0.2) is 0 Å². The Morgan fingerprint density at radius 2 is 1.39 bits per heavy atom. The highest BCUT2D eigenvalue weighted by Crippen LogP contribution is 2.38. The molecule has 1 aliphatic rings. The molecule has 5 rings (SSSR count). The van der Waals surface area contributed by atoms with Crippen LogP contribution < -0.4 is 10.2 Å². The number of fused-ring (bicyclic) bond motifs is 1. The van der Waals surface area contributed by atoms with Crippen molar-refractivity contribution in [1.82, 2.24) is 0 Å². The summed E-state index contributed by atoms with van der Waals surface area (Å²) < 4.78 is 0. The van der Waals surface area contributed by atoms with Crippen LogP contribution in [0.1, 0.15) is 22.7 Å². The van der Waals surface area contributed by atoms with E-state index in [1.165, 1.54) is 16.5 Å². The van der Waals surface area contributed by atoms with Crippen molar-refractivity contribution in [2.75, 3.05) is 10.2 Å². The third-order valence-corrected chi connectivity index (χ3v) is 5.84. The van der Waals surface area contributed by atoms with Crippen LogP contribution in [0.2, 0.25) is 0 Å². The number of aryl methyl sites for hydroxylation is 2. The van der Waals surface area contributed by atoms with Crippen LogP contribution in [0.15, 0.2) is 103 Å². The molecule has 0 unspecified atom stereocenters. The summed E-state index contributed by atoms with van der Waals surface area (Å²) in [6, 6.07) is 30.7. The molecule has 0 fully saturated rings. The lowest BCUT2D eigenvalue weighted by atomic mass is 9.98. The first-order valence-electron chi connectivity index (χ1n) is 10.5. The quantitative estimate of drug-likeness (QED) is 0.419. The lowest BCUT2D eigenvalue weighted by molar-refractivity contribution is -0.114. The Labute approximate surface area is 182 Å². The molecule has 4 aromatic carbocycles. The molecule has 1 aliphatic heterocycles. The lowest BCUT2D eigenvalue weighted by Crippen LogP contribution is -2.30. The maximum atomic E-state index is 13.6. The van der Waals surface area contributed by atoms with Gasteiger partial charge in [-0.15, -0.1) is 0 Å². The molecule has 3 nitrogen and oxygen atoms in total. The summed E-state index contributed by atoms with van der Waals surface area (Å²) in [5.41, 5.74) is 5.88. The molecule has 31 heavy (non-hydrogen) atoms. The van der Waals surface area contributed by atoms with Gasteiger partial charge >= 0.3 is 0 Å². The highest BCUT2D eigenvalue weighted by Gasteiger charge is 2.35. The number of amides is 1. The van der Waals surface area contributed by atoms with Gasteiger partial charge in [0.2, 0.25) is 0 Å². The van der Waals surface area contributed by atoms with E-state index in [0.29, 0.717) is 5.70 Å². The molecule has 0 spiro atoms. The van der Waals surface area contributed by atoms with Crippen molar-refractivity contribution in [3.05, 3.63) is 119 Å². The smallest absolute Gasteiger partial charge is 0.275 e. The molecule has 0 saturated carbocycles. The van der Waals surface area contributed by atoms with E-state index in [0.717, 1.165) is 22.3 Å². The zero-order chi connectivity index (χ0) is 21.4. The lowest BCUT2D eigenvalue weighted by Gasteiger charge is -2.26. The molecule has 0 aromatic heterocycles. The van der Waals surface area contributed by atoms with Crippen molar-refractivity contribution in [1.29, 1.82) is 0 Å². The first-order chi connectivity index (χ1) is 15.1.